The predicted octanol–water partition coefficient (Wildman–Crippen LogP) is 0.505. The van der Waals surface area contributed by atoms with Gasteiger partial charge in [-0.05, 0) is 12.1 Å². The molecule has 1 aromatic carbocycles. The monoisotopic (exact) mass is 266 g/mol. The lowest BCUT2D eigenvalue weighted by molar-refractivity contribution is -0.124. The molecule has 1 aliphatic heterocycles. The van der Waals surface area contributed by atoms with Crippen LogP contribution in [0.25, 0.3) is 0 Å². The van der Waals surface area contributed by atoms with E-state index in [2.05, 4.69) is 5.32 Å². The van der Waals surface area contributed by atoms with Crippen LogP contribution in [0.5, 0.6) is 17.2 Å². The van der Waals surface area contributed by atoms with Crippen LogP contribution >= 0.6 is 0 Å². The van der Waals surface area contributed by atoms with E-state index >= 15 is 0 Å². The van der Waals surface area contributed by atoms with Crippen molar-refractivity contribution in [2.75, 3.05) is 26.5 Å². The smallest absolute Gasteiger partial charge is 0.231 e. The zero-order valence-electron chi connectivity index (χ0n) is 10.8. The molecule has 6 heteroatoms. The SMILES string of the molecule is CC(CN)C(=O)NCCOc1ccc2c(c1)OCO2. The lowest BCUT2D eigenvalue weighted by Crippen LogP contribution is -2.35. The van der Waals surface area contributed by atoms with Gasteiger partial charge in [0, 0.05) is 18.5 Å². The van der Waals surface area contributed by atoms with Crippen LogP contribution in [0.15, 0.2) is 18.2 Å². The van der Waals surface area contributed by atoms with Crippen LogP contribution in [-0.2, 0) is 4.79 Å². The molecule has 0 radical (unpaired) electrons. The van der Waals surface area contributed by atoms with Crippen molar-refractivity contribution in [1.82, 2.24) is 5.32 Å². The van der Waals surface area contributed by atoms with E-state index in [0.29, 0.717) is 31.2 Å². The normalized spacial score (nSPS) is 14.0. The number of carbonyl (C=O) groups excluding carboxylic acids is 1. The first kappa shape index (κ1) is 13.5. The number of fused-ring (bicyclic) bond motifs is 1. The third-order valence-electron chi connectivity index (χ3n) is 2.82. The number of carbonyl (C=O) groups is 1. The number of hydrogen-bond acceptors (Lipinski definition) is 5. The van der Waals surface area contributed by atoms with Crippen LogP contribution < -0.4 is 25.3 Å². The van der Waals surface area contributed by atoms with Gasteiger partial charge in [0.15, 0.2) is 11.5 Å². The van der Waals surface area contributed by atoms with Gasteiger partial charge < -0.3 is 25.3 Å². The highest BCUT2D eigenvalue weighted by Crippen LogP contribution is 2.34. The molecular formula is C13H18N2O4. The second-order valence-corrected chi connectivity index (χ2v) is 4.29. The Kier molecular flexibility index (Phi) is 4.46. The average Bonchev–Trinajstić information content (AvgIpc) is 2.89. The molecule has 19 heavy (non-hydrogen) atoms. The second kappa shape index (κ2) is 6.29. The van der Waals surface area contributed by atoms with Crippen molar-refractivity contribution in [2.24, 2.45) is 11.7 Å². The molecule has 0 bridgehead atoms. The minimum absolute atomic E-state index is 0.0585. The Morgan fingerprint density at radius 2 is 2.26 bits per heavy atom. The van der Waals surface area contributed by atoms with E-state index in [1.807, 2.05) is 0 Å². The standard InChI is InChI=1S/C13H18N2O4/c1-9(7-14)13(16)15-4-5-17-10-2-3-11-12(6-10)19-8-18-11/h2-3,6,9H,4-5,7-8,14H2,1H3,(H,15,16). The van der Waals surface area contributed by atoms with Gasteiger partial charge in [0.1, 0.15) is 12.4 Å². The first-order valence-corrected chi connectivity index (χ1v) is 6.21. The first-order valence-electron chi connectivity index (χ1n) is 6.21. The van der Waals surface area contributed by atoms with Gasteiger partial charge in [-0.3, -0.25) is 4.79 Å². The summed E-state index contributed by atoms with van der Waals surface area (Å²) in [5, 5.41) is 2.76. The number of nitrogens with two attached hydrogens (primary N) is 1. The van der Waals surface area contributed by atoms with Crippen LogP contribution in [0.3, 0.4) is 0 Å². The molecule has 1 heterocycles. The summed E-state index contributed by atoms with van der Waals surface area (Å²) < 4.78 is 16.0. The fraction of sp³-hybridized carbons (Fsp3) is 0.462. The highest BCUT2D eigenvalue weighted by molar-refractivity contribution is 5.78. The maximum absolute atomic E-state index is 11.5. The van der Waals surface area contributed by atoms with E-state index in [1.54, 1.807) is 25.1 Å². The molecule has 0 aliphatic carbocycles. The second-order valence-electron chi connectivity index (χ2n) is 4.29. The van der Waals surface area contributed by atoms with Crippen molar-refractivity contribution in [3.8, 4) is 17.2 Å². The number of hydrogen-bond donors (Lipinski definition) is 2. The Balaban J connectivity index is 1.73. The Bertz CT molecular complexity index is 450. The maximum Gasteiger partial charge on any atom is 0.231 e. The molecule has 1 amide bonds. The molecule has 1 unspecified atom stereocenters. The summed E-state index contributed by atoms with van der Waals surface area (Å²) in [6.07, 6.45) is 0. The molecule has 104 valence electrons. The van der Waals surface area contributed by atoms with E-state index < -0.39 is 0 Å². The molecule has 0 saturated heterocycles. The van der Waals surface area contributed by atoms with Crippen molar-refractivity contribution >= 4 is 5.91 Å². The zero-order valence-corrected chi connectivity index (χ0v) is 10.8. The molecule has 1 atom stereocenters. The van der Waals surface area contributed by atoms with Gasteiger partial charge in [-0.25, -0.2) is 0 Å². The number of ether oxygens (including phenoxy) is 3. The third kappa shape index (κ3) is 3.51. The Labute approximate surface area is 111 Å². The maximum atomic E-state index is 11.5. The van der Waals surface area contributed by atoms with Crippen molar-refractivity contribution in [3.05, 3.63) is 18.2 Å². The van der Waals surface area contributed by atoms with Gasteiger partial charge in [-0.1, -0.05) is 6.92 Å². The summed E-state index contributed by atoms with van der Waals surface area (Å²) in [5.41, 5.74) is 5.40. The molecule has 1 aliphatic rings. The molecule has 0 spiro atoms. The number of amides is 1. The molecule has 1 aromatic rings. The Morgan fingerprint density at radius 3 is 3.05 bits per heavy atom. The van der Waals surface area contributed by atoms with Crippen LogP contribution in [0.2, 0.25) is 0 Å². The zero-order chi connectivity index (χ0) is 13.7. The highest BCUT2D eigenvalue weighted by atomic mass is 16.7. The lowest BCUT2D eigenvalue weighted by atomic mass is 10.2. The molecule has 2 rings (SSSR count). The van der Waals surface area contributed by atoms with Crippen LogP contribution in [0.4, 0.5) is 0 Å². The molecule has 3 N–H and O–H groups in total. The summed E-state index contributed by atoms with van der Waals surface area (Å²) in [4.78, 5) is 11.5. The topological polar surface area (TPSA) is 82.8 Å². The minimum Gasteiger partial charge on any atom is -0.492 e. The van der Waals surface area contributed by atoms with Gasteiger partial charge in [0.05, 0.1) is 6.54 Å². The van der Waals surface area contributed by atoms with E-state index in [1.165, 1.54) is 0 Å². The molecular weight excluding hydrogens is 248 g/mol. The quantitative estimate of drug-likeness (QED) is 0.733. The average molecular weight is 266 g/mol. The van der Waals surface area contributed by atoms with E-state index in [4.69, 9.17) is 19.9 Å². The number of nitrogens with one attached hydrogen (secondary N) is 1. The fourth-order valence-electron chi connectivity index (χ4n) is 1.59. The number of rotatable bonds is 6. The van der Waals surface area contributed by atoms with Gasteiger partial charge in [-0.2, -0.15) is 0 Å². The number of benzene rings is 1. The summed E-state index contributed by atoms with van der Waals surface area (Å²) in [6.45, 7) is 3.20. The largest absolute Gasteiger partial charge is 0.492 e. The van der Waals surface area contributed by atoms with Crippen LogP contribution in [0, 0.1) is 5.92 Å². The first-order chi connectivity index (χ1) is 9.20. The Morgan fingerprint density at radius 1 is 1.47 bits per heavy atom. The minimum atomic E-state index is -0.175. The Hall–Kier alpha value is -1.95. The highest BCUT2D eigenvalue weighted by Gasteiger charge is 2.14. The van der Waals surface area contributed by atoms with Gasteiger partial charge in [-0.15, -0.1) is 0 Å². The summed E-state index contributed by atoms with van der Waals surface area (Å²) in [7, 11) is 0. The van der Waals surface area contributed by atoms with E-state index in [9.17, 15) is 4.79 Å². The molecule has 0 saturated carbocycles. The molecule has 0 fully saturated rings. The van der Waals surface area contributed by atoms with Crippen molar-refractivity contribution < 1.29 is 19.0 Å². The van der Waals surface area contributed by atoms with Gasteiger partial charge in [0.25, 0.3) is 0 Å². The third-order valence-corrected chi connectivity index (χ3v) is 2.82. The summed E-state index contributed by atoms with van der Waals surface area (Å²) in [6, 6.07) is 5.37. The molecule has 0 aromatic heterocycles. The lowest BCUT2D eigenvalue weighted by Gasteiger charge is -2.11. The van der Waals surface area contributed by atoms with Gasteiger partial charge in [0.2, 0.25) is 12.7 Å². The van der Waals surface area contributed by atoms with Crippen LogP contribution in [0.1, 0.15) is 6.92 Å². The van der Waals surface area contributed by atoms with E-state index in [-0.39, 0.29) is 18.6 Å². The molecule has 6 nitrogen and oxygen atoms in total. The van der Waals surface area contributed by atoms with Crippen LogP contribution in [-0.4, -0.2) is 32.4 Å². The van der Waals surface area contributed by atoms with Crippen molar-refractivity contribution in [2.45, 2.75) is 6.92 Å². The summed E-state index contributed by atoms with van der Waals surface area (Å²) in [5.74, 6) is 1.85. The fourth-order valence-corrected chi connectivity index (χ4v) is 1.59. The van der Waals surface area contributed by atoms with Gasteiger partial charge >= 0.3 is 0 Å². The van der Waals surface area contributed by atoms with Crippen molar-refractivity contribution in [1.29, 1.82) is 0 Å². The predicted molar refractivity (Wildman–Crippen MR) is 69.3 cm³/mol. The summed E-state index contributed by atoms with van der Waals surface area (Å²) >= 11 is 0. The van der Waals surface area contributed by atoms with E-state index in [0.717, 1.165) is 5.75 Å². The van der Waals surface area contributed by atoms with Crippen molar-refractivity contribution in [3.63, 3.8) is 0 Å².